The van der Waals surface area contributed by atoms with Gasteiger partial charge in [-0.1, -0.05) is 81.1 Å². The van der Waals surface area contributed by atoms with Crippen LogP contribution in [0.5, 0.6) is 0 Å². The highest BCUT2D eigenvalue weighted by atomic mass is 16.1. The SMILES string of the molecule is C=C(N)[C@@H](N)Cc1ccccc1.CC.NC(=O)[C@H](N)c1ccccc1. The number of amides is 1. The van der Waals surface area contributed by atoms with E-state index in [4.69, 9.17) is 22.9 Å². The summed E-state index contributed by atoms with van der Waals surface area (Å²) in [6.45, 7) is 7.60. The molecule has 0 saturated carbocycles. The molecule has 136 valence electrons. The molecule has 2 atom stereocenters. The lowest BCUT2D eigenvalue weighted by Crippen LogP contribution is -2.28. The van der Waals surface area contributed by atoms with Crippen molar-refractivity contribution in [3.05, 3.63) is 84.1 Å². The lowest BCUT2D eigenvalue weighted by Gasteiger charge is -2.10. The fraction of sp³-hybridized carbons (Fsp3) is 0.250. The van der Waals surface area contributed by atoms with Crippen LogP contribution in [0, 0.1) is 0 Å². The Morgan fingerprint density at radius 2 is 1.36 bits per heavy atom. The maximum Gasteiger partial charge on any atom is 0.238 e. The van der Waals surface area contributed by atoms with Gasteiger partial charge in [-0.15, -0.1) is 0 Å². The van der Waals surface area contributed by atoms with Crippen molar-refractivity contribution in [2.24, 2.45) is 22.9 Å². The molecule has 0 aromatic heterocycles. The quantitative estimate of drug-likeness (QED) is 0.665. The molecule has 2 aromatic rings. The Balaban J connectivity index is 0.000000421. The summed E-state index contributed by atoms with van der Waals surface area (Å²) in [6.07, 6.45) is 0.760. The maximum absolute atomic E-state index is 10.6. The second-order valence-electron chi connectivity index (χ2n) is 5.16. The van der Waals surface area contributed by atoms with Crippen LogP contribution in [-0.4, -0.2) is 11.9 Å². The lowest BCUT2D eigenvalue weighted by molar-refractivity contribution is -0.119. The lowest BCUT2D eigenvalue weighted by atomic mass is 10.1. The van der Waals surface area contributed by atoms with E-state index in [0.29, 0.717) is 5.70 Å². The van der Waals surface area contributed by atoms with Crippen molar-refractivity contribution >= 4 is 5.91 Å². The number of rotatable bonds is 5. The number of nitrogens with two attached hydrogens (primary N) is 4. The molecule has 5 heteroatoms. The van der Waals surface area contributed by atoms with Crippen molar-refractivity contribution in [1.82, 2.24) is 0 Å². The highest BCUT2D eigenvalue weighted by molar-refractivity contribution is 5.81. The fourth-order valence-electron chi connectivity index (χ4n) is 1.82. The molecule has 0 aliphatic carbocycles. The third kappa shape index (κ3) is 9.30. The minimum atomic E-state index is -0.684. The van der Waals surface area contributed by atoms with Gasteiger partial charge in [-0.25, -0.2) is 0 Å². The van der Waals surface area contributed by atoms with Gasteiger partial charge in [0.1, 0.15) is 6.04 Å². The van der Waals surface area contributed by atoms with Crippen LogP contribution in [0.2, 0.25) is 0 Å². The summed E-state index contributed by atoms with van der Waals surface area (Å²) in [7, 11) is 0. The van der Waals surface area contributed by atoms with Gasteiger partial charge < -0.3 is 22.9 Å². The van der Waals surface area contributed by atoms with E-state index in [0.717, 1.165) is 12.0 Å². The van der Waals surface area contributed by atoms with E-state index < -0.39 is 11.9 Å². The highest BCUT2D eigenvalue weighted by Gasteiger charge is 2.09. The van der Waals surface area contributed by atoms with Crippen molar-refractivity contribution in [1.29, 1.82) is 0 Å². The summed E-state index contributed by atoms with van der Waals surface area (Å²) in [4.78, 5) is 10.6. The van der Waals surface area contributed by atoms with E-state index in [9.17, 15) is 4.79 Å². The molecule has 5 nitrogen and oxygen atoms in total. The van der Waals surface area contributed by atoms with Gasteiger partial charge in [0, 0.05) is 11.7 Å². The van der Waals surface area contributed by atoms with Gasteiger partial charge in [0.05, 0.1) is 0 Å². The van der Waals surface area contributed by atoms with Crippen LogP contribution in [0.1, 0.15) is 31.0 Å². The molecule has 0 aliphatic rings. The highest BCUT2D eigenvalue weighted by Crippen LogP contribution is 2.07. The number of benzene rings is 2. The van der Waals surface area contributed by atoms with Crippen LogP contribution in [0.25, 0.3) is 0 Å². The molecule has 0 heterocycles. The number of primary amides is 1. The predicted molar refractivity (Wildman–Crippen MR) is 105 cm³/mol. The average molecular weight is 342 g/mol. The zero-order chi connectivity index (χ0) is 19.2. The zero-order valence-corrected chi connectivity index (χ0v) is 15.1. The number of carbonyl (C=O) groups excluding carboxylic acids is 1. The minimum absolute atomic E-state index is 0.132. The summed E-state index contributed by atoms with van der Waals surface area (Å²) in [5, 5.41) is 0. The maximum atomic E-state index is 10.6. The summed E-state index contributed by atoms with van der Waals surface area (Å²) in [5.74, 6) is -0.504. The van der Waals surface area contributed by atoms with Gasteiger partial charge in [-0.2, -0.15) is 0 Å². The molecule has 2 aromatic carbocycles. The first kappa shape index (κ1) is 22.4. The van der Waals surface area contributed by atoms with Gasteiger partial charge in [-0.05, 0) is 17.5 Å². The first-order valence-corrected chi connectivity index (χ1v) is 8.25. The van der Waals surface area contributed by atoms with Crippen LogP contribution in [0.3, 0.4) is 0 Å². The number of carbonyl (C=O) groups is 1. The average Bonchev–Trinajstić information content (AvgIpc) is 2.64. The molecule has 2 rings (SSSR count). The van der Waals surface area contributed by atoms with Crippen molar-refractivity contribution in [3.8, 4) is 0 Å². The van der Waals surface area contributed by atoms with Crippen LogP contribution < -0.4 is 22.9 Å². The molecule has 25 heavy (non-hydrogen) atoms. The monoisotopic (exact) mass is 342 g/mol. The topological polar surface area (TPSA) is 121 Å². The molecule has 8 N–H and O–H groups in total. The van der Waals surface area contributed by atoms with E-state index in [-0.39, 0.29) is 6.04 Å². The zero-order valence-electron chi connectivity index (χ0n) is 15.1. The summed E-state index contributed by atoms with van der Waals surface area (Å²) >= 11 is 0. The van der Waals surface area contributed by atoms with Crippen molar-refractivity contribution in [2.75, 3.05) is 0 Å². The predicted octanol–water partition coefficient (Wildman–Crippen LogP) is 2.23. The molecule has 0 unspecified atom stereocenters. The molecule has 0 fully saturated rings. The summed E-state index contributed by atoms with van der Waals surface area (Å²) in [6, 6.07) is 18.2. The Bertz CT molecular complexity index is 614. The van der Waals surface area contributed by atoms with Crippen molar-refractivity contribution in [2.45, 2.75) is 32.4 Å². The Labute approximate surface area is 150 Å². The van der Waals surface area contributed by atoms with E-state index in [1.54, 1.807) is 12.1 Å². The van der Waals surface area contributed by atoms with Gasteiger partial charge in [0.15, 0.2) is 0 Å². The Morgan fingerprint density at radius 3 is 1.76 bits per heavy atom. The fourth-order valence-corrected chi connectivity index (χ4v) is 1.82. The van der Waals surface area contributed by atoms with Crippen LogP contribution in [0.15, 0.2) is 72.9 Å². The normalized spacial score (nSPS) is 11.7. The van der Waals surface area contributed by atoms with E-state index in [1.807, 2.05) is 62.4 Å². The van der Waals surface area contributed by atoms with Crippen molar-refractivity contribution in [3.63, 3.8) is 0 Å². The van der Waals surface area contributed by atoms with Gasteiger partial charge in [0.25, 0.3) is 0 Å². The smallest absolute Gasteiger partial charge is 0.238 e. The standard InChI is InChI=1S/C10H14N2.C8H10N2O.C2H6/c1-8(11)10(12)7-9-5-3-2-4-6-9;9-7(8(10)11)6-4-2-1-3-5-6;1-2/h2-6,10H,1,7,11-12H2;1-5,7H,9H2,(H2,10,11);1-2H3/t10-;7-;/m01./s1. The molecule has 1 amide bonds. The second kappa shape index (κ2) is 12.8. The summed E-state index contributed by atoms with van der Waals surface area (Å²) in [5.41, 5.74) is 24.1. The first-order chi connectivity index (χ1) is 11.9. The van der Waals surface area contributed by atoms with Gasteiger partial charge in [-0.3, -0.25) is 4.79 Å². The van der Waals surface area contributed by atoms with E-state index >= 15 is 0 Å². The van der Waals surface area contributed by atoms with E-state index in [1.165, 1.54) is 5.56 Å². The Morgan fingerprint density at radius 1 is 0.920 bits per heavy atom. The minimum Gasteiger partial charge on any atom is -0.401 e. The van der Waals surface area contributed by atoms with Crippen LogP contribution in [0.4, 0.5) is 0 Å². The van der Waals surface area contributed by atoms with Crippen LogP contribution in [-0.2, 0) is 11.2 Å². The molecule has 0 saturated heterocycles. The largest absolute Gasteiger partial charge is 0.401 e. The molecule has 0 radical (unpaired) electrons. The van der Waals surface area contributed by atoms with E-state index in [2.05, 4.69) is 6.58 Å². The summed E-state index contributed by atoms with van der Waals surface area (Å²) < 4.78 is 0. The molecule has 0 bridgehead atoms. The number of hydrogen-bond donors (Lipinski definition) is 4. The second-order valence-corrected chi connectivity index (χ2v) is 5.16. The molecule has 0 aliphatic heterocycles. The van der Waals surface area contributed by atoms with Gasteiger partial charge >= 0.3 is 0 Å². The Kier molecular flexibility index (Phi) is 11.4. The third-order valence-corrected chi connectivity index (χ3v) is 3.24. The van der Waals surface area contributed by atoms with Crippen molar-refractivity contribution < 1.29 is 4.79 Å². The van der Waals surface area contributed by atoms with Crippen LogP contribution >= 0.6 is 0 Å². The van der Waals surface area contributed by atoms with Gasteiger partial charge in [0.2, 0.25) is 5.91 Å². The molecular weight excluding hydrogens is 312 g/mol. The molecular formula is C20H30N4O. The Hall–Kier alpha value is -2.63. The number of hydrogen-bond acceptors (Lipinski definition) is 4. The first-order valence-electron chi connectivity index (χ1n) is 8.25. The third-order valence-electron chi connectivity index (χ3n) is 3.24. The molecule has 0 spiro atoms.